The van der Waals surface area contributed by atoms with E-state index in [0.29, 0.717) is 31.2 Å². The van der Waals surface area contributed by atoms with Gasteiger partial charge < -0.3 is 30.7 Å². The molecule has 212 valence electrons. The van der Waals surface area contributed by atoms with Crippen LogP contribution in [0, 0.1) is 0 Å². The molecule has 3 rings (SSSR count). The number of amides is 2. The van der Waals surface area contributed by atoms with Crippen LogP contribution >= 0.6 is 0 Å². The minimum Gasteiger partial charge on any atom is -0.480 e. The van der Waals surface area contributed by atoms with Crippen LogP contribution in [0.2, 0.25) is 0 Å². The molecule has 2 heterocycles. The Bertz CT molecular complexity index is 963. The molecular formula is C25H36F3N5O5. The molecule has 1 aromatic rings. The first kappa shape index (κ1) is 29.5. The van der Waals surface area contributed by atoms with Gasteiger partial charge in [0.15, 0.2) is 0 Å². The Hall–Kier alpha value is -3.06. The van der Waals surface area contributed by atoms with Crippen LogP contribution in [0.15, 0.2) is 18.2 Å². The first-order chi connectivity index (χ1) is 18.1. The average molecular weight is 544 g/mol. The van der Waals surface area contributed by atoms with E-state index in [1.807, 2.05) is 11.8 Å². The summed E-state index contributed by atoms with van der Waals surface area (Å²) in [4.78, 5) is 40.2. The molecule has 38 heavy (non-hydrogen) atoms. The number of hydrogen-bond donors (Lipinski definition) is 4. The summed E-state index contributed by atoms with van der Waals surface area (Å²) in [6.07, 6.45) is -2.32. The van der Waals surface area contributed by atoms with E-state index in [4.69, 9.17) is 4.74 Å². The molecule has 2 saturated heterocycles. The number of carboxylic acids is 1. The monoisotopic (exact) mass is 543 g/mol. The van der Waals surface area contributed by atoms with Crippen LogP contribution < -0.4 is 20.9 Å². The van der Waals surface area contributed by atoms with Crippen LogP contribution in [0.25, 0.3) is 0 Å². The Balaban J connectivity index is 1.64. The van der Waals surface area contributed by atoms with Gasteiger partial charge in [-0.1, -0.05) is 13.3 Å². The van der Waals surface area contributed by atoms with E-state index in [9.17, 15) is 32.7 Å². The molecule has 2 fully saturated rings. The number of nitrogens with one attached hydrogen (secondary N) is 3. The van der Waals surface area contributed by atoms with Crippen molar-refractivity contribution in [2.24, 2.45) is 0 Å². The summed E-state index contributed by atoms with van der Waals surface area (Å²) in [6.45, 7) is 5.95. The largest absolute Gasteiger partial charge is 0.480 e. The van der Waals surface area contributed by atoms with Crippen LogP contribution in [0.5, 0.6) is 0 Å². The molecule has 0 bridgehead atoms. The molecule has 1 aromatic carbocycles. The summed E-state index contributed by atoms with van der Waals surface area (Å²) in [6, 6.07) is 2.46. The van der Waals surface area contributed by atoms with E-state index in [0.717, 1.165) is 57.6 Å². The smallest absolute Gasteiger partial charge is 0.417 e. The highest BCUT2D eigenvalue weighted by molar-refractivity contribution is 5.96. The van der Waals surface area contributed by atoms with Crippen molar-refractivity contribution >= 4 is 23.7 Å². The zero-order valence-corrected chi connectivity index (χ0v) is 21.5. The molecule has 2 aliphatic heterocycles. The lowest BCUT2D eigenvalue weighted by Gasteiger charge is -2.41. The van der Waals surface area contributed by atoms with Crippen molar-refractivity contribution in [3.63, 3.8) is 0 Å². The molecule has 1 atom stereocenters. The fourth-order valence-corrected chi connectivity index (χ4v) is 4.66. The highest BCUT2D eigenvalue weighted by Crippen LogP contribution is 2.35. The third kappa shape index (κ3) is 8.22. The van der Waals surface area contributed by atoms with Gasteiger partial charge in [-0.05, 0) is 50.6 Å². The Labute approximate surface area is 219 Å². The van der Waals surface area contributed by atoms with Crippen molar-refractivity contribution in [3.05, 3.63) is 29.3 Å². The lowest BCUT2D eigenvalue weighted by Crippen LogP contribution is -2.52. The summed E-state index contributed by atoms with van der Waals surface area (Å²) in [5, 5.41) is 16.9. The first-order valence-electron chi connectivity index (χ1n) is 13.0. The predicted molar refractivity (Wildman–Crippen MR) is 134 cm³/mol. The molecule has 2 amide bonds. The lowest BCUT2D eigenvalue weighted by molar-refractivity contribution is -0.139. The van der Waals surface area contributed by atoms with Gasteiger partial charge in [0.1, 0.15) is 6.04 Å². The van der Waals surface area contributed by atoms with Gasteiger partial charge in [0, 0.05) is 44.5 Å². The van der Waals surface area contributed by atoms with Crippen molar-refractivity contribution in [1.29, 1.82) is 0 Å². The number of piperazine rings is 1. The third-order valence-corrected chi connectivity index (χ3v) is 6.85. The normalized spacial score (nSPS) is 18.1. The fraction of sp³-hybridized carbons (Fsp3) is 0.640. The molecule has 13 heteroatoms. The number of anilines is 1. The number of benzene rings is 1. The summed E-state index contributed by atoms with van der Waals surface area (Å²) < 4.78 is 46.6. The number of nitrogens with zero attached hydrogens (tertiary/aromatic N) is 2. The van der Waals surface area contributed by atoms with Gasteiger partial charge in [-0.2, -0.15) is 13.2 Å². The van der Waals surface area contributed by atoms with Crippen LogP contribution in [-0.4, -0.2) is 92.5 Å². The highest BCUT2D eigenvalue weighted by atomic mass is 19.4. The molecule has 0 saturated carbocycles. The van der Waals surface area contributed by atoms with Crippen LogP contribution in [0.4, 0.5) is 23.7 Å². The number of alkyl carbamates (subject to hydrolysis) is 1. The number of carbonyl (C=O) groups is 3. The summed E-state index contributed by atoms with van der Waals surface area (Å²) in [7, 11) is 0. The topological polar surface area (TPSA) is 123 Å². The second-order valence-electron chi connectivity index (χ2n) is 9.47. The molecule has 10 nitrogen and oxygen atoms in total. The first-order valence-corrected chi connectivity index (χ1v) is 13.0. The van der Waals surface area contributed by atoms with Crippen molar-refractivity contribution in [2.75, 3.05) is 57.3 Å². The number of alkyl halides is 3. The van der Waals surface area contributed by atoms with Gasteiger partial charge in [-0.3, -0.25) is 9.69 Å². The number of aliphatic carboxylic acids is 1. The van der Waals surface area contributed by atoms with Gasteiger partial charge >= 0.3 is 18.2 Å². The van der Waals surface area contributed by atoms with E-state index in [2.05, 4.69) is 20.9 Å². The number of piperidine rings is 1. The molecule has 0 aromatic heterocycles. The number of ether oxygens (including phenoxy) is 1. The fourth-order valence-electron chi connectivity index (χ4n) is 4.66. The quantitative estimate of drug-likeness (QED) is 0.332. The van der Waals surface area contributed by atoms with Crippen molar-refractivity contribution in [3.8, 4) is 0 Å². The van der Waals surface area contributed by atoms with E-state index >= 15 is 0 Å². The zero-order valence-electron chi connectivity index (χ0n) is 21.5. The van der Waals surface area contributed by atoms with Gasteiger partial charge in [0.2, 0.25) is 0 Å². The van der Waals surface area contributed by atoms with E-state index < -0.39 is 47.9 Å². The Morgan fingerprint density at radius 1 is 1.16 bits per heavy atom. The van der Waals surface area contributed by atoms with Crippen LogP contribution in [0.1, 0.15) is 48.5 Å². The zero-order chi connectivity index (χ0) is 27.7. The maximum atomic E-state index is 13.9. The minimum absolute atomic E-state index is 0.0927. The van der Waals surface area contributed by atoms with Gasteiger partial charge in [-0.15, -0.1) is 0 Å². The van der Waals surface area contributed by atoms with Crippen LogP contribution in [-0.2, 0) is 15.7 Å². The van der Waals surface area contributed by atoms with Crippen molar-refractivity contribution in [1.82, 2.24) is 20.9 Å². The summed E-state index contributed by atoms with van der Waals surface area (Å²) in [5.41, 5.74) is -1.35. The number of halogens is 3. The predicted octanol–water partition coefficient (Wildman–Crippen LogP) is 2.29. The van der Waals surface area contributed by atoms with E-state index in [1.165, 1.54) is 6.07 Å². The molecule has 2 aliphatic rings. The number of carbonyl (C=O) groups excluding carboxylic acids is 2. The summed E-state index contributed by atoms with van der Waals surface area (Å²) in [5.74, 6) is -2.56. The maximum absolute atomic E-state index is 13.9. The maximum Gasteiger partial charge on any atom is 0.417 e. The SMILES string of the molecule is CCCCOC(=O)N[C@@H](CNC(=O)c1ccc(N2CCN(C3CCNCC3)CC2)cc1C(F)(F)F)C(=O)O. The molecule has 0 spiro atoms. The number of rotatable bonds is 10. The number of carboxylic acid groups (broad SMARTS) is 1. The Kier molecular flexibility index (Phi) is 10.6. The summed E-state index contributed by atoms with van der Waals surface area (Å²) >= 11 is 0. The molecule has 0 aliphatic carbocycles. The average Bonchev–Trinajstić information content (AvgIpc) is 2.90. The van der Waals surface area contributed by atoms with Crippen LogP contribution in [0.3, 0.4) is 0 Å². The second-order valence-corrected chi connectivity index (χ2v) is 9.47. The lowest BCUT2D eigenvalue weighted by atomic mass is 10.0. The second kappa shape index (κ2) is 13.7. The third-order valence-electron chi connectivity index (χ3n) is 6.85. The van der Waals surface area contributed by atoms with Crippen molar-refractivity contribution in [2.45, 2.75) is 50.9 Å². The molecular weight excluding hydrogens is 507 g/mol. The van der Waals surface area contributed by atoms with E-state index in [1.54, 1.807) is 0 Å². The molecule has 0 unspecified atom stereocenters. The van der Waals surface area contributed by atoms with Gasteiger partial charge in [0.05, 0.1) is 17.7 Å². The number of hydrogen-bond acceptors (Lipinski definition) is 7. The van der Waals surface area contributed by atoms with Gasteiger partial charge in [-0.25, -0.2) is 9.59 Å². The minimum atomic E-state index is -4.80. The standard InChI is InChI=1S/C25H36F3N5O5/c1-2-3-14-38-24(37)31-21(23(35)36)16-30-22(34)19-5-4-18(15-20(19)25(26,27)28)33-12-10-32(11-13-33)17-6-8-29-9-7-17/h4-5,15,17,21,29H,2-3,6-14,16H2,1H3,(H,30,34)(H,31,37)(H,35,36)/t21-/m0/s1. The Morgan fingerprint density at radius 2 is 1.84 bits per heavy atom. The highest BCUT2D eigenvalue weighted by Gasteiger charge is 2.36. The number of unbranched alkanes of at least 4 members (excludes halogenated alkanes) is 1. The molecule has 4 N–H and O–H groups in total. The van der Waals surface area contributed by atoms with Crippen molar-refractivity contribution < 1.29 is 37.4 Å². The Morgan fingerprint density at radius 3 is 2.45 bits per heavy atom. The van der Waals surface area contributed by atoms with Gasteiger partial charge in [0.25, 0.3) is 5.91 Å². The molecule has 0 radical (unpaired) electrons. The van der Waals surface area contributed by atoms with E-state index in [-0.39, 0.29) is 6.61 Å².